The van der Waals surface area contributed by atoms with Crippen LogP contribution in [0, 0.1) is 5.92 Å². The highest BCUT2D eigenvalue weighted by atomic mass is 19.4. The van der Waals surface area contributed by atoms with Crippen molar-refractivity contribution in [3.05, 3.63) is 23.9 Å². The van der Waals surface area contributed by atoms with Gasteiger partial charge in [0, 0.05) is 24.8 Å². The summed E-state index contributed by atoms with van der Waals surface area (Å²) in [7, 11) is 0. The lowest BCUT2D eigenvalue weighted by atomic mass is 9.85. The topological polar surface area (TPSA) is 58.5 Å². The number of pyridine rings is 1. The van der Waals surface area contributed by atoms with Crippen molar-refractivity contribution in [1.82, 2.24) is 15.6 Å². The van der Waals surface area contributed by atoms with E-state index in [9.17, 15) is 13.2 Å². The zero-order valence-corrected chi connectivity index (χ0v) is 16.0. The third kappa shape index (κ3) is 7.27. The van der Waals surface area contributed by atoms with E-state index in [1.807, 2.05) is 19.9 Å². The monoisotopic (exact) mass is 386 g/mol. The molecule has 2 rings (SSSR count). The summed E-state index contributed by atoms with van der Waals surface area (Å²) in [6, 6.07) is 3.48. The Bertz CT molecular complexity index is 590. The molecular formula is C19H29F3N4O. The molecule has 152 valence electrons. The Morgan fingerprint density at radius 2 is 2.11 bits per heavy atom. The molecule has 1 aromatic rings. The molecule has 0 aromatic carbocycles. The molecule has 1 saturated carbocycles. The number of alkyl halides is 3. The average Bonchev–Trinajstić information content (AvgIpc) is 2.65. The Kier molecular flexibility index (Phi) is 8.19. The standard InChI is InChI=1S/C19H29F3N4O/c1-3-10-27-17-9-8-14(12-24-17)13-25-18(23-4-2)26-16-7-5-6-15(11-16)19(20,21)22/h8-9,12,15-16H,3-7,10-11,13H2,1-2H3,(H2,23,25,26). The highest BCUT2D eigenvalue weighted by Crippen LogP contribution is 2.37. The summed E-state index contributed by atoms with van der Waals surface area (Å²) in [6.07, 6.45) is 0.113. The lowest BCUT2D eigenvalue weighted by molar-refractivity contribution is -0.183. The van der Waals surface area contributed by atoms with Gasteiger partial charge in [0.1, 0.15) is 0 Å². The van der Waals surface area contributed by atoms with Crippen molar-refractivity contribution >= 4 is 5.96 Å². The van der Waals surface area contributed by atoms with Crippen molar-refractivity contribution in [2.75, 3.05) is 13.2 Å². The van der Waals surface area contributed by atoms with Gasteiger partial charge in [0.05, 0.1) is 19.1 Å². The normalized spacial score (nSPS) is 21.0. The second kappa shape index (κ2) is 10.4. The third-order valence-corrected chi connectivity index (χ3v) is 4.49. The number of aliphatic imine (C=N–C) groups is 1. The van der Waals surface area contributed by atoms with Crippen LogP contribution in [0.2, 0.25) is 0 Å². The Hall–Kier alpha value is -1.99. The maximum Gasteiger partial charge on any atom is 0.391 e. The summed E-state index contributed by atoms with van der Waals surface area (Å²) in [4.78, 5) is 8.72. The van der Waals surface area contributed by atoms with Crippen LogP contribution in [0.25, 0.3) is 0 Å². The Morgan fingerprint density at radius 1 is 1.30 bits per heavy atom. The number of hydrogen-bond acceptors (Lipinski definition) is 3. The molecule has 27 heavy (non-hydrogen) atoms. The van der Waals surface area contributed by atoms with Crippen molar-refractivity contribution in [2.45, 2.75) is 64.7 Å². The van der Waals surface area contributed by atoms with E-state index < -0.39 is 12.1 Å². The molecule has 1 fully saturated rings. The van der Waals surface area contributed by atoms with Gasteiger partial charge >= 0.3 is 6.18 Å². The van der Waals surface area contributed by atoms with Crippen LogP contribution in [0.15, 0.2) is 23.3 Å². The van der Waals surface area contributed by atoms with Crippen molar-refractivity contribution in [2.24, 2.45) is 10.9 Å². The predicted octanol–water partition coefficient (Wildman–Crippen LogP) is 4.05. The van der Waals surface area contributed by atoms with E-state index in [2.05, 4.69) is 20.6 Å². The molecule has 2 unspecified atom stereocenters. The first-order valence-electron chi connectivity index (χ1n) is 9.61. The van der Waals surface area contributed by atoms with E-state index in [-0.39, 0.29) is 18.9 Å². The molecule has 2 N–H and O–H groups in total. The predicted molar refractivity (Wildman–Crippen MR) is 99.8 cm³/mol. The third-order valence-electron chi connectivity index (χ3n) is 4.49. The van der Waals surface area contributed by atoms with Gasteiger partial charge in [-0.15, -0.1) is 0 Å². The molecule has 1 heterocycles. The number of nitrogens with zero attached hydrogens (tertiary/aromatic N) is 2. The number of halogens is 3. The summed E-state index contributed by atoms with van der Waals surface area (Å²) < 4.78 is 44.4. The first-order chi connectivity index (χ1) is 12.9. The van der Waals surface area contributed by atoms with Gasteiger partial charge in [-0.05, 0) is 38.2 Å². The first-order valence-corrected chi connectivity index (χ1v) is 9.61. The lowest BCUT2D eigenvalue weighted by Crippen LogP contribution is -2.46. The van der Waals surface area contributed by atoms with Crippen LogP contribution in [0.1, 0.15) is 51.5 Å². The molecule has 0 bridgehead atoms. The first kappa shape index (κ1) is 21.3. The van der Waals surface area contributed by atoms with Crippen LogP contribution in [0.5, 0.6) is 5.88 Å². The molecule has 0 radical (unpaired) electrons. The Balaban J connectivity index is 1.93. The van der Waals surface area contributed by atoms with Crippen molar-refractivity contribution in [1.29, 1.82) is 0 Å². The number of aromatic nitrogens is 1. The number of guanidine groups is 1. The van der Waals surface area contributed by atoms with E-state index in [1.54, 1.807) is 12.3 Å². The lowest BCUT2D eigenvalue weighted by Gasteiger charge is -2.31. The van der Waals surface area contributed by atoms with Gasteiger partial charge in [-0.1, -0.05) is 19.4 Å². The molecule has 0 spiro atoms. The van der Waals surface area contributed by atoms with Crippen molar-refractivity contribution in [3.63, 3.8) is 0 Å². The minimum atomic E-state index is -4.12. The molecule has 1 aromatic heterocycles. The van der Waals surface area contributed by atoms with Gasteiger partial charge in [0.15, 0.2) is 5.96 Å². The molecule has 0 aliphatic heterocycles. The van der Waals surface area contributed by atoms with E-state index in [1.165, 1.54) is 0 Å². The molecule has 5 nitrogen and oxygen atoms in total. The van der Waals surface area contributed by atoms with Crippen molar-refractivity contribution in [3.8, 4) is 5.88 Å². The molecule has 8 heteroatoms. The molecule has 0 saturated heterocycles. The SMILES string of the molecule is CCCOc1ccc(CN=C(NCC)NC2CCCC(C(F)(F)F)C2)cn1. The van der Waals surface area contributed by atoms with Crippen LogP contribution >= 0.6 is 0 Å². The molecule has 2 atom stereocenters. The molecule has 0 amide bonds. The quantitative estimate of drug-likeness (QED) is 0.548. The number of ether oxygens (including phenoxy) is 1. The van der Waals surface area contributed by atoms with E-state index in [4.69, 9.17) is 4.74 Å². The fourth-order valence-electron chi connectivity index (χ4n) is 3.10. The number of nitrogens with one attached hydrogen (secondary N) is 2. The number of hydrogen-bond donors (Lipinski definition) is 2. The maximum atomic E-state index is 13.0. The maximum absolute atomic E-state index is 13.0. The van der Waals surface area contributed by atoms with Gasteiger partial charge in [-0.2, -0.15) is 13.2 Å². The Morgan fingerprint density at radius 3 is 2.74 bits per heavy atom. The van der Waals surface area contributed by atoms with Gasteiger partial charge in [0.25, 0.3) is 0 Å². The highest BCUT2D eigenvalue weighted by molar-refractivity contribution is 5.80. The fourth-order valence-corrected chi connectivity index (χ4v) is 3.10. The van der Waals surface area contributed by atoms with Gasteiger partial charge in [-0.3, -0.25) is 0 Å². The minimum Gasteiger partial charge on any atom is -0.478 e. The zero-order chi connectivity index (χ0) is 19.7. The largest absolute Gasteiger partial charge is 0.478 e. The molecule has 1 aliphatic carbocycles. The zero-order valence-electron chi connectivity index (χ0n) is 16.0. The van der Waals surface area contributed by atoms with Crippen molar-refractivity contribution < 1.29 is 17.9 Å². The van der Waals surface area contributed by atoms with E-state index >= 15 is 0 Å². The van der Waals surface area contributed by atoms with E-state index in [0.29, 0.717) is 38.0 Å². The van der Waals surface area contributed by atoms with Crippen LogP contribution in [0.4, 0.5) is 13.2 Å². The van der Waals surface area contributed by atoms with Gasteiger partial charge in [0.2, 0.25) is 5.88 Å². The van der Waals surface area contributed by atoms with Crippen LogP contribution in [0.3, 0.4) is 0 Å². The molecule has 1 aliphatic rings. The van der Waals surface area contributed by atoms with E-state index in [0.717, 1.165) is 18.4 Å². The summed E-state index contributed by atoms with van der Waals surface area (Å²) in [6.45, 7) is 5.62. The smallest absolute Gasteiger partial charge is 0.391 e. The van der Waals surface area contributed by atoms with Crippen LogP contribution in [-0.4, -0.2) is 36.3 Å². The highest BCUT2D eigenvalue weighted by Gasteiger charge is 2.42. The molecular weight excluding hydrogens is 357 g/mol. The van der Waals surface area contributed by atoms with Crippen LogP contribution < -0.4 is 15.4 Å². The number of rotatable bonds is 7. The average molecular weight is 386 g/mol. The summed E-state index contributed by atoms with van der Waals surface area (Å²) in [5, 5.41) is 6.27. The second-order valence-electron chi connectivity index (χ2n) is 6.79. The van der Waals surface area contributed by atoms with Gasteiger partial charge < -0.3 is 15.4 Å². The van der Waals surface area contributed by atoms with Crippen LogP contribution in [-0.2, 0) is 6.54 Å². The summed E-state index contributed by atoms with van der Waals surface area (Å²) in [5.74, 6) is -0.113. The summed E-state index contributed by atoms with van der Waals surface area (Å²) >= 11 is 0. The van der Waals surface area contributed by atoms with Gasteiger partial charge in [-0.25, -0.2) is 9.98 Å². The Labute approximate surface area is 158 Å². The minimum absolute atomic E-state index is 0.0962. The summed E-state index contributed by atoms with van der Waals surface area (Å²) in [5.41, 5.74) is 0.910. The second-order valence-corrected chi connectivity index (χ2v) is 6.79. The fraction of sp³-hybridized carbons (Fsp3) is 0.684.